The van der Waals surface area contributed by atoms with Crippen LogP contribution < -0.4 is 10.6 Å². The Morgan fingerprint density at radius 2 is 2.37 bits per heavy atom. The summed E-state index contributed by atoms with van der Waals surface area (Å²) in [6, 6.07) is 6.30. The van der Waals surface area contributed by atoms with Gasteiger partial charge in [0.2, 0.25) is 0 Å². The van der Waals surface area contributed by atoms with Gasteiger partial charge in [-0.1, -0.05) is 6.07 Å². The number of rotatable bonds is 5. The van der Waals surface area contributed by atoms with E-state index >= 15 is 0 Å². The van der Waals surface area contributed by atoms with Crippen molar-refractivity contribution < 1.29 is 9.90 Å². The molecular formula is C15H22N2O2. The minimum atomic E-state index is -0.869. The zero-order valence-electron chi connectivity index (χ0n) is 11.6. The first-order chi connectivity index (χ1) is 9.08. The maximum Gasteiger partial charge on any atom is 0.336 e. The Morgan fingerprint density at radius 3 is 3.00 bits per heavy atom. The van der Waals surface area contributed by atoms with E-state index in [0.717, 1.165) is 24.2 Å². The molecule has 0 aliphatic carbocycles. The van der Waals surface area contributed by atoms with E-state index in [4.69, 9.17) is 5.11 Å². The summed E-state index contributed by atoms with van der Waals surface area (Å²) in [6.07, 6.45) is 3.56. The van der Waals surface area contributed by atoms with Crippen molar-refractivity contribution in [3.8, 4) is 0 Å². The first-order valence-corrected chi connectivity index (χ1v) is 6.90. The highest BCUT2D eigenvalue weighted by molar-refractivity contribution is 5.91. The Hall–Kier alpha value is -1.55. The molecule has 19 heavy (non-hydrogen) atoms. The standard InChI is InChI=1S/C15H22N2O2/c1-10(9-12-5-4-8-16-12)17-14-7-3-6-13(11(14)2)15(18)19/h3,6-7,10,12,16-17H,4-5,8-9H2,1-2H3,(H,18,19). The fraction of sp³-hybridized carbons (Fsp3) is 0.533. The molecule has 1 saturated heterocycles. The highest BCUT2D eigenvalue weighted by atomic mass is 16.4. The van der Waals surface area contributed by atoms with Crippen LogP contribution >= 0.6 is 0 Å². The highest BCUT2D eigenvalue weighted by Crippen LogP contribution is 2.21. The van der Waals surface area contributed by atoms with Gasteiger partial charge in [-0.25, -0.2) is 4.79 Å². The largest absolute Gasteiger partial charge is 0.478 e. The van der Waals surface area contributed by atoms with Gasteiger partial charge in [0.1, 0.15) is 0 Å². The average Bonchev–Trinajstić information content (AvgIpc) is 2.84. The van der Waals surface area contributed by atoms with Crippen LogP contribution in [0, 0.1) is 6.92 Å². The zero-order chi connectivity index (χ0) is 13.8. The maximum absolute atomic E-state index is 11.1. The van der Waals surface area contributed by atoms with Gasteiger partial charge < -0.3 is 15.7 Å². The summed E-state index contributed by atoms with van der Waals surface area (Å²) in [5, 5.41) is 16.0. The molecule has 4 nitrogen and oxygen atoms in total. The molecule has 2 rings (SSSR count). The van der Waals surface area contributed by atoms with E-state index in [0.29, 0.717) is 17.6 Å². The molecule has 1 aromatic rings. The van der Waals surface area contributed by atoms with Crippen molar-refractivity contribution in [1.29, 1.82) is 0 Å². The molecular weight excluding hydrogens is 240 g/mol. The van der Waals surface area contributed by atoms with Crippen LogP contribution in [0.3, 0.4) is 0 Å². The number of carboxylic acids is 1. The van der Waals surface area contributed by atoms with Gasteiger partial charge in [0.15, 0.2) is 0 Å². The molecule has 1 heterocycles. The molecule has 104 valence electrons. The third-order valence-corrected chi connectivity index (χ3v) is 3.77. The molecule has 1 aromatic carbocycles. The Morgan fingerprint density at radius 1 is 1.58 bits per heavy atom. The van der Waals surface area contributed by atoms with E-state index in [1.54, 1.807) is 12.1 Å². The third kappa shape index (κ3) is 3.47. The fourth-order valence-corrected chi connectivity index (χ4v) is 2.73. The summed E-state index contributed by atoms with van der Waals surface area (Å²) in [5.41, 5.74) is 2.10. The lowest BCUT2D eigenvalue weighted by atomic mass is 10.0. The Bertz CT molecular complexity index is 453. The van der Waals surface area contributed by atoms with E-state index in [9.17, 15) is 4.79 Å². The number of nitrogens with one attached hydrogen (secondary N) is 2. The van der Waals surface area contributed by atoms with Gasteiger partial charge in [-0.05, 0) is 57.4 Å². The zero-order valence-corrected chi connectivity index (χ0v) is 11.6. The topological polar surface area (TPSA) is 61.4 Å². The number of carboxylic acid groups (broad SMARTS) is 1. The minimum absolute atomic E-state index is 0.332. The van der Waals surface area contributed by atoms with Crippen LogP contribution in [0.5, 0.6) is 0 Å². The first-order valence-electron chi connectivity index (χ1n) is 6.90. The highest BCUT2D eigenvalue weighted by Gasteiger charge is 2.18. The predicted molar refractivity (Wildman–Crippen MR) is 76.9 cm³/mol. The smallest absolute Gasteiger partial charge is 0.336 e. The van der Waals surface area contributed by atoms with Gasteiger partial charge in [0.05, 0.1) is 5.56 Å². The average molecular weight is 262 g/mol. The van der Waals surface area contributed by atoms with E-state index in [1.807, 2.05) is 13.0 Å². The van der Waals surface area contributed by atoms with Gasteiger partial charge in [-0.15, -0.1) is 0 Å². The van der Waals surface area contributed by atoms with E-state index in [1.165, 1.54) is 12.8 Å². The van der Waals surface area contributed by atoms with Crippen molar-refractivity contribution in [3.63, 3.8) is 0 Å². The van der Waals surface area contributed by atoms with Crippen molar-refractivity contribution in [3.05, 3.63) is 29.3 Å². The molecule has 0 spiro atoms. The molecule has 2 atom stereocenters. The number of anilines is 1. The molecule has 0 saturated carbocycles. The lowest BCUT2D eigenvalue weighted by Gasteiger charge is -2.21. The van der Waals surface area contributed by atoms with Crippen molar-refractivity contribution in [1.82, 2.24) is 5.32 Å². The molecule has 4 heteroatoms. The van der Waals surface area contributed by atoms with Gasteiger partial charge >= 0.3 is 5.97 Å². The van der Waals surface area contributed by atoms with Crippen LogP contribution in [0.25, 0.3) is 0 Å². The molecule has 1 aliphatic heterocycles. The Balaban J connectivity index is 2.01. The van der Waals surface area contributed by atoms with Crippen LogP contribution in [0.15, 0.2) is 18.2 Å². The third-order valence-electron chi connectivity index (χ3n) is 3.77. The van der Waals surface area contributed by atoms with E-state index < -0.39 is 5.97 Å². The van der Waals surface area contributed by atoms with Crippen molar-refractivity contribution in [2.24, 2.45) is 0 Å². The lowest BCUT2D eigenvalue weighted by molar-refractivity contribution is 0.0696. The molecule has 0 aromatic heterocycles. The quantitative estimate of drug-likeness (QED) is 0.763. The van der Waals surface area contributed by atoms with Crippen LogP contribution in [-0.2, 0) is 0 Å². The summed E-state index contributed by atoms with van der Waals surface area (Å²) in [6.45, 7) is 5.12. The van der Waals surface area contributed by atoms with Crippen molar-refractivity contribution >= 4 is 11.7 Å². The summed E-state index contributed by atoms with van der Waals surface area (Å²) in [7, 11) is 0. The molecule has 0 radical (unpaired) electrons. The second-order valence-corrected chi connectivity index (χ2v) is 5.36. The number of hydrogen-bond donors (Lipinski definition) is 3. The van der Waals surface area contributed by atoms with Gasteiger partial charge in [-0.3, -0.25) is 0 Å². The summed E-state index contributed by atoms with van der Waals surface area (Å²) in [4.78, 5) is 11.1. The predicted octanol–water partition coefficient (Wildman–Crippen LogP) is 2.64. The normalized spacial score (nSPS) is 20.2. The maximum atomic E-state index is 11.1. The van der Waals surface area contributed by atoms with E-state index in [2.05, 4.69) is 17.6 Å². The lowest BCUT2D eigenvalue weighted by Crippen LogP contribution is -2.29. The van der Waals surface area contributed by atoms with Crippen LogP contribution in [0.2, 0.25) is 0 Å². The van der Waals surface area contributed by atoms with E-state index in [-0.39, 0.29) is 0 Å². The summed E-state index contributed by atoms with van der Waals surface area (Å²) in [5.74, 6) is -0.869. The molecule has 0 amide bonds. The van der Waals surface area contributed by atoms with Gasteiger partial charge in [-0.2, -0.15) is 0 Å². The molecule has 1 fully saturated rings. The number of benzene rings is 1. The van der Waals surface area contributed by atoms with Crippen LogP contribution in [0.1, 0.15) is 42.1 Å². The van der Waals surface area contributed by atoms with Crippen molar-refractivity contribution in [2.45, 2.75) is 45.2 Å². The van der Waals surface area contributed by atoms with Crippen LogP contribution in [0.4, 0.5) is 5.69 Å². The second kappa shape index (κ2) is 6.06. The fourth-order valence-electron chi connectivity index (χ4n) is 2.73. The summed E-state index contributed by atoms with van der Waals surface area (Å²) >= 11 is 0. The molecule has 3 N–H and O–H groups in total. The first kappa shape index (κ1) is 13.9. The monoisotopic (exact) mass is 262 g/mol. The number of carbonyl (C=O) groups is 1. The molecule has 0 bridgehead atoms. The summed E-state index contributed by atoms with van der Waals surface area (Å²) < 4.78 is 0. The van der Waals surface area contributed by atoms with Crippen LogP contribution in [-0.4, -0.2) is 29.7 Å². The molecule has 1 aliphatic rings. The van der Waals surface area contributed by atoms with Gasteiger partial charge in [0.25, 0.3) is 0 Å². The number of hydrogen-bond acceptors (Lipinski definition) is 3. The van der Waals surface area contributed by atoms with Gasteiger partial charge in [0, 0.05) is 17.8 Å². The number of aromatic carboxylic acids is 1. The second-order valence-electron chi connectivity index (χ2n) is 5.36. The molecule has 2 unspecified atom stereocenters. The SMILES string of the molecule is Cc1c(NC(C)CC2CCCN2)cccc1C(=O)O. The Kier molecular flexibility index (Phi) is 4.43. The minimum Gasteiger partial charge on any atom is -0.478 e. The Labute approximate surface area is 114 Å². The van der Waals surface area contributed by atoms with Crippen molar-refractivity contribution in [2.75, 3.05) is 11.9 Å².